The molecular weight excluding hydrogens is 323 g/mol. The van der Waals surface area contributed by atoms with Crippen molar-refractivity contribution in [3.63, 3.8) is 0 Å². The van der Waals surface area contributed by atoms with Crippen molar-refractivity contribution in [3.8, 4) is 0 Å². The van der Waals surface area contributed by atoms with Crippen molar-refractivity contribution in [2.24, 2.45) is 0 Å². The summed E-state index contributed by atoms with van der Waals surface area (Å²) >= 11 is 0. The lowest BCUT2D eigenvalue weighted by Crippen LogP contribution is -2.22. The standard InChI is InChI=1S/C18H27FN2O2Si/c1-13(2)8-17-18-15(16(19)10-20-17)9-14(11-22)21(18)12-23-6-7-24(3,4)5/h8-10,22H,6-7,11-12H2,1-5H3. The van der Waals surface area contributed by atoms with Gasteiger partial charge in [0.2, 0.25) is 0 Å². The van der Waals surface area contributed by atoms with Gasteiger partial charge in [0.15, 0.2) is 5.82 Å². The SMILES string of the molecule is CC(C)=Cc1ncc(F)c2cc(CO)n(COCC[Si](C)(C)C)c12. The summed E-state index contributed by atoms with van der Waals surface area (Å²) in [7, 11) is -1.16. The molecule has 2 aromatic heterocycles. The van der Waals surface area contributed by atoms with Gasteiger partial charge in [0.1, 0.15) is 6.73 Å². The minimum atomic E-state index is -1.16. The highest BCUT2D eigenvalue weighted by Gasteiger charge is 2.17. The maximum absolute atomic E-state index is 14.2. The van der Waals surface area contributed by atoms with E-state index in [0.29, 0.717) is 35.6 Å². The molecule has 2 rings (SSSR count). The van der Waals surface area contributed by atoms with Crippen LogP contribution in [0.25, 0.3) is 17.0 Å². The van der Waals surface area contributed by atoms with Crippen molar-refractivity contribution in [1.29, 1.82) is 0 Å². The van der Waals surface area contributed by atoms with E-state index in [1.165, 1.54) is 6.20 Å². The predicted octanol–water partition coefficient (Wildman–Crippen LogP) is 4.40. The maximum Gasteiger partial charge on any atom is 0.150 e. The second kappa shape index (κ2) is 7.59. The second-order valence-electron chi connectivity index (χ2n) is 7.55. The summed E-state index contributed by atoms with van der Waals surface area (Å²) in [6.45, 7) is 11.6. The van der Waals surface area contributed by atoms with E-state index < -0.39 is 8.07 Å². The largest absolute Gasteiger partial charge is 0.390 e. The van der Waals surface area contributed by atoms with Crippen molar-refractivity contribution < 1.29 is 14.2 Å². The van der Waals surface area contributed by atoms with Crippen LogP contribution in [0.15, 0.2) is 17.8 Å². The average Bonchev–Trinajstić information content (AvgIpc) is 2.85. The smallest absolute Gasteiger partial charge is 0.150 e. The molecule has 0 aromatic carbocycles. The summed E-state index contributed by atoms with van der Waals surface area (Å²) in [5.74, 6) is -0.383. The first-order valence-electron chi connectivity index (χ1n) is 8.23. The summed E-state index contributed by atoms with van der Waals surface area (Å²) in [4.78, 5) is 4.22. The zero-order valence-electron chi connectivity index (χ0n) is 15.2. The summed E-state index contributed by atoms with van der Waals surface area (Å²) in [6, 6.07) is 2.74. The van der Waals surface area contributed by atoms with E-state index in [1.54, 1.807) is 6.07 Å². The van der Waals surface area contributed by atoms with Crippen LogP contribution in [-0.4, -0.2) is 29.3 Å². The number of fused-ring (bicyclic) bond motifs is 1. The first-order chi connectivity index (χ1) is 11.2. The van der Waals surface area contributed by atoms with Crippen LogP contribution in [-0.2, 0) is 18.1 Å². The van der Waals surface area contributed by atoms with E-state index in [4.69, 9.17) is 4.74 Å². The van der Waals surface area contributed by atoms with Crippen LogP contribution in [0.3, 0.4) is 0 Å². The predicted molar refractivity (Wildman–Crippen MR) is 99.0 cm³/mol. The Morgan fingerprint density at radius 2 is 2.08 bits per heavy atom. The molecule has 0 aliphatic carbocycles. The van der Waals surface area contributed by atoms with Crippen LogP contribution >= 0.6 is 0 Å². The van der Waals surface area contributed by atoms with Crippen LogP contribution in [0.5, 0.6) is 0 Å². The molecule has 1 N–H and O–H groups in total. The summed E-state index contributed by atoms with van der Waals surface area (Å²) in [5, 5.41) is 10.1. The molecule has 132 valence electrons. The van der Waals surface area contributed by atoms with Gasteiger partial charge < -0.3 is 14.4 Å². The minimum Gasteiger partial charge on any atom is -0.390 e. The van der Waals surface area contributed by atoms with Gasteiger partial charge in [0, 0.05) is 25.8 Å². The fourth-order valence-corrected chi connectivity index (χ4v) is 3.27. The van der Waals surface area contributed by atoms with E-state index >= 15 is 0 Å². The number of halogens is 1. The molecule has 0 saturated heterocycles. The lowest BCUT2D eigenvalue weighted by atomic mass is 10.2. The van der Waals surface area contributed by atoms with Gasteiger partial charge in [-0.2, -0.15) is 0 Å². The molecule has 0 unspecified atom stereocenters. The van der Waals surface area contributed by atoms with Crippen LogP contribution in [0.1, 0.15) is 25.2 Å². The highest BCUT2D eigenvalue weighted by atomic mass is 28.3. The zero-order valence-corrected chi connectivity index (χ0v) is 16.2. The number of ether oxygens (including phenoxy) is 1. The fourth-order valence-electron chi connectivity index (χ4n) is 2.51. The number of hydrogen-bond acceptors (Lipinski definition) is 3. The molecule has 2 aromatic rings. The van der Waals surface area contributed by atoms with Crippen LogP contribution in [0, 0.1) is 5.82 Å². The summed E-state index contributed by atoms with van der Waals surface area (Å²) in [6.07, 6.45) is 3.15. The molecular formula is C18H27FN2O2Si. The van der Waals surface area contributed by atoms with Crippen molar-refractivity contribution in [2.75, 3.05) is 6.61 Å². The second-order valence-corrected chi connectivity index (χ2v) is 13.2. The third-order valence-electron chi connectivity index (χ3n) is 3.80. The van der Waals surface area contributed by atoms with Gasteiger partial charge in [-0.1, -0.05) is 25.2 Å². The number of aromatic nitrogens is 2. The van der Waals surface area contributed by atoms with Gasteiger partial charge in [-0.05, 0) is 32.0 Å². The molecule has 2 heterocycles. The van der Waals surface area contributed by atoms with Gasteiger partial charge in [0.25, 0.3) is 0 Å². The zero-order chi connectivity index (χ0) is 17.9. The normalized spacial score (nSPS) is 12.0. The molecule has 0 amide bonds. The molecule has 0 aliphatic rings. The Kier molecular flexibility index (Phi) is 5.95. The van der Waals surface area contributed by atoms with Crippen molar-refractivity contribution in [3.05, 3.63) is 35.0 Å². The van der Waals surface area contributed by atoms with E-state index in [9.17, 15) is 9.50 Å². The van der Waals surface area contributed by atoms with Gasteiger partial charge in [0.05, 0.1) is 24.0 Å². The Morgan fingerprint density at radius 1 is 1.38 bits per heavy atom. The van der Waals surface area contributed by atoms with E-state index in [-0.39, 0.29) is 12.4 Å². The molecule has 24 heavy (non-hydrogen) atoms. The van der Waals surface area contributed by atoms with Gasteiger partial charge >= 0.3 is 0 Å². The molecule has 0 atom stereocenters. The van der Waals surface area contributed by atoms with Crippen molar-refractivity contribution in [1.82, 2.24) is 9.55 Å². The third kappa shape index (κ3) is 4.52. The Bertz CT molecular complexity index is 744. The fraction of sp³-hybridized carbons (Fsp3) is 0.500. The molecule has 0 radical (unpaired) electrons. The van der Waals surface area contributed by atoms with Gasteiger partial charge in [-0.25, -0.2) is 4.39 Å². The van der Waals surface area contributed by atoms with E-state index in [0.717, 1.165) is 11.6 Å². The number of hydrogen-bond donors (Lipinski definition) is 1. The lowest BCUT2D eigenvalue weighted by molar-refractivity contribution is 0.0853. The lowest BCUT2D eigenvalue weighted by Gasteiger charge is -2.17. The quantitative estimate of drug-likeness (QED) is 0.594. The average molecular weight is 351 g/mol. The molecule has 0 saturated carbocycles. The first kappa shape index (κ1) is 18.8. The molecule has 0 bridgehead atoms. The third-order valence-corrected chi connectivity index (χ3v) is 5.51. The molecule has 0 spiro atoms. The number of aliphatic hydroxyl groups is 1. The van der Waals surface area contributed by atoms with Gasteiger partial charge in [-0.3, -0.25) is 4.98 Å². The molecule has 6 heteroatoms. The van der Waals surface area contributed by atoms with E-state index in [1.807, 2.05) is 24.5 Å². The highest BCUT2D eigenvalue weighted by Crippen LogP contribution is 2.26. The Labute approximate surface area is 144 Å². The summed E-state index contributed by atoms with van der Waals surface area (Å²) < 4.78 is 21.8. The van der Waals surface area contributed by atoms with Crippen LogP contribution in [0.4, 0.5) is 4.39 Å². The number of nitrogens with zero attached hydrogens (tertiary/aromatic N) is 2. The number of allylic oxidation sites excluding steroid dienone is 1. The molecule has 0 fully saturated rings. The van der Waals surface area contributed by atoms with E-state index in [2.05, 4.69) is 24.6 Å². The first-order valence-corrected chi connectivity index (χ1v) is 11.9. The van der Waals surface area contributed by atoms with Crippen LogP contribution in [0.2, 0.25) is 25.7 Å². The van der Waals surface area contributed by atoms with Crippen molar-refractivity contribution in [2.45, 2.75) is 52.9 Å². The molecule has 0 aliphatic heterocycles. The summed E-state index contributed by atoms with van der Waals surface area (Å²) in [5.41, 5.74) is 3.08. The highest BCUT2D eigenvalue weighted by molar-refractivity contribution is 6.76. The minimum absolute atomic E-state index is 0.167. The number of rotatable bonds is 7. The monoisotopic (exact) mass is 350 g/mol. The van der Waals surface area contributed by atoms with Crippen LogP contribution < -0.4 is 0 Å². The topological polar surface area (TPSA) is 47.3 Å². The Morgan fingerprint density at radius 3 is 2.67 bits per heavy atom. The van der Waals surface area contributed by atoms with Crippen molar-refractivity contribution >= 4 is 25.1 Å². The Balaban J connectivity index is 2.39. The maximum atomic E-state index is 14.2. The Hall–Kier alpha value is -1.50. The number of pyridine rings is 1. The van der Waals surface area contributed by atoms with Gasteiger partial charge in [-0.15, -0.1) is 0 Å². The molecule has 4 nitrogen and oxygen atoms in total. The number of aliphatic hydroxyl groups excluding tert-OH is 1.